The molecule has 2 rings (SSSR count). The molecular weight excluding hydrogens is 254 g/mol. The fourth-order valence-electron chi connectivity index (χ4n) is 1.72. The van der Waals surface area contributed by atoms with Gasteiger partial charge in [0.2, 0.25) is 0 Å². The Morgan fingerprint density at radius 1 is 1.50 bits per heavy atom. The van der Waals surface area contributed by atoms with Crippen LogP contribution in [-0.4, -0.2) is 27.2 Å². The summed E-state index contributed by atoms with van der Waals surface area (Å²) < 4.78 is 1.71. The third-order valence-electron chi connectivity index (χ3n) is 2.66. The number of aryl methyl sites for hydroxylation is 2. The summed E-state index contributed by atoms with van der Waals surface area (Å²) in [7, 11) is 1.80. The molecule has 5 heteroatoms. The van der Waals surface area contributed by atoms with Crippen LogP contribution in [0.3, 0.4) is 0 Å². The van der Waals surface area contributed by atoms with E-state index in [1.54, 1.807) is 24.1 Å². The Labute approximate surface area is 117 Å². The van der Waals surface area contributed by atoms with Crippen molar-refractivity contribution in [3.8, 4) is 11.8 Å². The highest BCUT2D eigenvalue weighted by molar-refractivity contribution is 6.03. The van der Waals surface area contributed by atoms with E-state index in [4.69, 9.17) is 5.11 Å². The van der Waals surface area contributed by atoms with Crippen molar-refractivity contribution in [2.75, 3.05) is 11.9 Å². The van der Waals surface area contributed by atoms with Crippen LogP contribution in [0.4, 0.5) is 5.69 Å². The van der Waals surface area contributed by atoms with Crippen LogP contribution in [0.15, 0.2) is 30.7 Å². The van der Waals surface area contributed by atoms with E-state index in [0.717, 1.165) is 5.56 Å². The fourth-order valence-corrected chi connectivity index (χ4v) is 1.72. The van der Waals surface area contributed by atoms with Gasteiger partial charge in [0.25, 0.3) is 5.91 Å². The molecule has 0 aliphatic rings. The lowest BCUT2D eigenvalue weighted by molar-refractivity contribution is 0.102. The second kappa shape index (κ2) is 6.04. The number of rotatable bonds is 2. The van der Waals surface area contributed by atoms with Gasteiger partial charge in [0.05, 0.1) is 12.0 Å². The molecule has 0 spiro atoms. The van der Waals surface area contributed by atoms with Crippen LogP contribution >= 0.6 is 0 Å². The lowest BCUT2D eigenvalue weighted by atomic mass is 10.1. The number of imidazole rings is 1. The molecule has 1 aromatic carbocycles. The summed E-state index contributed by atoms with van der Waals surface area (Å²) >= 11 is 0. The van der Waals surface area contributed by atoms with Crippen LogP contribution in [0.1, 0.15) is 21.6 Å². The van der Waals surface area contributed by atoms with E-state index in [0.29, 0.717) is 16.9 Å². The van der Waals surface area contributed by atoms with Gasteiger partial charge in [-0.15, -0.1) is 0 Å². The van der Waals surface area contributed by atoms with Gasteiger partial charge in [-0.25, -0.2) is 4.98 Å². The maximum absolute atomic E-state index is 12.1. The number of amides is 1. The van der Waals surface area contributed by atoms with Crippen molar-refractivity contribution in [2.45, 2.75) is 6.92 Å². The Morgan fingerprint density at radius 2 is 2.30 bits per heavy atom. The molecule has 1 amide bonds. The summed E-state index contributed by atoms with van der Waals surface area (Å²) in [4.78, 5) is 16.1. The third kappa shape index (κ3) is 3.25. The van der Waals surface area contributed by atoms with Gasteiger partial charge in [0.1, 0.15) is 12.3 Å². The zero-order valence-electron chi connectivity index (χ0n) is 11.3. The average Bonchev–Trinajstić information content (AvgIpc) is 2.85. The summed E-state index contributed by atoms with van der Waals surface area (Å²) in [6.45, 7) is 1.71. The van der Waals surface area contributed by atoms with Crippen LogP contribution in [0.25, 0.3) is 0 Å². The number of hydrogen-bond acceptors (Lipinski definition) is 3. The molecule has 0 saturated heterocycles. The molecule has 0 saturated carbocycles. The van der Waals surface area contributed by atoms with Gasteiger partial charge in [-0.05, 0) is 24.6 Å². The second-order valence-corrected chi connectivity index (χ2v) is 4.39. The van der Waals surface area contributed by atoms with Crippen molar-refractivity contribution in [1.29, 1.82) is 0 Å². The van der Waals surface area contributed by atoms with E-state index in [2.05, 4.69) is 22.1 Å². The lowest BCUT2D eigenvalue weighted by Crippen LogP contribution is -2.13. The van der Waals surface area contributed by atoms with E-state index >= 15 is 0 Å². The van der Waals surface area contributed by atoms with E-state index in [1.165, 1.54) is 0 Å². The Hall–Kier alpha value is -2.58. The number of nitrogens with zero attached hydrogens (tertiary/aromatic N) is 2. The van der Waals surface area contributed by atoms with E-state index < -0.39 is 0 Å². The number of carbonyl (C=O) groups excluding carboxylic acids is 1. The number of aromatic nitrogens is 2. The summed E-state index contributed by atoms with van der Waals surface area (Å²) in [5, 5.41) is 11.6. The molecule has 0 unspecified atom stereocenters. The third-order valence-corrected chi connectivity index (χ3v) is 2.66. The maximum Gasteiger partial charge on any atom is 0.275 e. The number of aliphatic hydroxyl groups is 1. The standard InChI is InChI=1S/C15H15N3O2/c1-11-5-6-12(4-3-7-19)13(8-11)17-15(20)14-9-18(2)10-16-14/h5-6,8-10,19H,7H2,1-2H3,(H,17,20). The molecule has 0 aliphatic carbocycles. The smallest absolute Gasteiger partial charge is 0.275 e. The molecule has 2 N–H and O–H groups in total. The molecule has 0 bridgehead atoms. The highest BCUT2D eigenvalue weighted by atomic mass is 16.2. The quantitative estimate of drug-likeness (QED) is 0.808. The topological polar surface area (TPSA) is 67.2 Å². The zero-order valence-corrected chi connectivity index (χ0v) is 11.3. The van der Waals surface area contributed by atoms with Gasteiger partial charge < -0.3 is 15.0 Å². The summed E-state index contributed by atoms with van der Waals surface area (Å²) in [5.74, 6) is 5.10. The molecule has 0 atom stereocenters. The van der Waals surface area contributed by atoms with Gasteiger partial charge in [-0.2, -0.15) is 0 Å². The second-order valence-electron chi connectivity index (χ2n) is 4.39. The number of hydrogen-bond donors (Lipinski definition) is 2. The highest BCUT2D eigenvalue weighted by Crippen LogP contribution is 2.17. The summed E-state index contributed by atoms with van der Waals surface area (Å²) in [6.07, 6.45) is 3.21. The first kappa shape index (κ1) is 13.8. The van der Waals surface area contributed by atoms with Crippen LogP contribution in [0.5, 0.6) is 0 Å². The first-order chi connectivity index (χ1) is 9.60. The minimum Gasteiger partial charge on any atom is -0.384 e. The lowest BCUT2D eigenvalue weighted by Gasteiger charge is -2.07. The van der Waals surface area contributed by atoms with Crippen molar-refractivity contribution >= 4 is 11.6 Å². The number of benzene rings is 1. The molecule has 102 valence electrons. The van der Waals surface area contributed by atoms with Crippen LogP contribution in [0, 0.1) is 18.8 Å². The zero-order chi connectivity index (χ0) is 14.5. The van der Waals surface area contributed by atoms with E-state index in [9.17, 15) is 4.79 Å². The largest absolute Gasteiger partial charge is 0.384 e. The number of nitrogens with one attached hydrogen (secondary N) is 1. The molecular formula is C15H15N3O2. The van der Waals surface area contributed by atoms with Crippen molar-refractivity contribution in [2.24, 2.45) is 7.05 Å². The van der Waals surface area contributed by atoms with Crippen LogP contribution in [0.2, 0.25) is 0 Å². The van der Waals surface area contributed by atoms with E-state index in [1.807, 2.05) is 25.1 Å². The van der Waals surface area contributed by atoms with Gasteiger partial charge >= 0.3 is 0 Å². The SMILES string of the molecule is Cc1ccc(C#CCO)c(NC(=O)c2cn(C)cn2)c1. The molecule has 0 radical (unpaired) electrons. The molecule has 0 aliphatic heterocycles. The predicted octanol–water partition coefficient (Wildman–Crippen LogP) is 1.32. The summed E-state index contributed by atoms with van der Waals surface area (Å²) in [5.41, 5.74) is 2.63. The van der Waals surface area contributed by atoms with Gasteiger partial charge in [-0.3, -0.25) is 4.79 Å². The van der Waals surface area contributed by atoms with Gasteiger partial charge in [0.15, 0.2) is 0 Å². The predicted molar refractivity (Wildman–Crippen MR) is 76.3 cm³/mol. The molecule has 1 aromatic heterocycles. The normalized spacial score (nSPS) is 9.75. The van der Waals surface area contributed by atoms with Crippen LogP contribution < -0.4 is 5.32 Å². The first-order valence-electron chi connectivity index (χ1n) is 6.10. The molecule has 5 nitrogen and oxygen atoms in total. The van der Waals surface area contributed by atoms with Crippen LogP contribution in [-0.2, 0) is 7.05 Å². The number of carbonyl (C=O) groups is 1. The molecule has 2 aromatic rings. The average molecular weight is 269 g/mol. The first-order valence-corrected chi connectivity index (χ1v) is 6.10. The summed E-state index contributed by atoms with van der Waals surface area (Å²) in [6, 6.07) is 5.55. The Balaban J connectivity index is 2.28. The highest BCUT2D eigenvalue weighted by Gasteiger charge is 2.11. The maximum atomic E-state index is 12.1. The molecule has 1 heterocycles. The minimum absolute atomic E-state index is 0.221. The van der Waals surface area contributed by atoms with Crippen molar-refractivity contribution in [3.63, 3.8) is 0 Å². The van der Waals surface area contributed by atoms with Gasteiger partial charge in [-0.1, -0.05) is 17.9 Å². The Bertz CT molecular complexity index is 693. The molecule has 0 fully saturated rings. The Kier molecular flexibility index (Phi) is 4.18. The van der Waals surface area contributed by atoms with Gasteiger partial charge in [0, 0.05) is 18.8 Å². The Morgan fingerprint density at radius 3 is 2.95 bits per heavy atom. The monoisotopic (exact) mass is 269 g/mol. The fraction of sp³-hybridized carbons (Fsp3) is 0.200. The van der Waals surface area contributed by atoms with E-state index in [-0.39, 0.29) is 12.5 Å². The number of aliphatic hydroxyl groups excluding tert-OH is 1. The molecule has 20 heavy (non-hydrogen) atoms. The van der Waals surface area contributed by atoms with Crippen molar-refractivity contribution in [3.05, 3.63) is 47.5 Å². The van der Waals surface area contributed by atoms with Crippen molar-refractivity contribution < 1.29 is 9.90 Å². The van der Waals surface area contributed by atoms with Crippen molar-refractivity contribution in [1.82, 2.24) is 9.55 Å². The number of anilines is 1. The minimum atomic E-state index is -0.289.